The number of ether oxygens (including phenoxy) is 2. The van der Waals surface area contributed by atoms with Crippen LogP contribution in [-0.2, 0) is 11.3 Å². The van der Waals surface area contributed by atoms with Gasteiger partial charge in [0.05, 0.1) is 20.3 Å². The van der Waals surface area contributed by atoms with Crippen molar-refractivity contribution in [1.29, 1.82) is 0 Å². The maximum Gasteiger partial charge on any atom is 0.261 e. The van der Waals surface area contributed by atoms with Gasteiger partial charge in [-0.2, -0.15) is 0 Å². The molecule has 1 unspecified atom stereocenters. The van der Waals surface area contributed by atoms with E-state index in [1.54, 1.807) is 29.2 Å². The highest BCUT2D eigenvalue weighted by Crippen LogP contribution is 2.33. The molecule has 0 bridgehead atoms. The van der Waals surface area contributed by atoms with Crippen molar-refractivity contribution >= 4 is 11.8 Å². The van der Waals surface area contributed by atoms with Gasteiger partial charge in [-0.1, -0.05) is 31.0 Å². The van der Waals surface area contributed by atoms with Crippen molar-refractivity contribution in [2.45, 2.75) is 38.3 Å². The highest BCUT2D eigenvalue weighted by atomic mass is 19.1. The zero-order valence-corrected chi connectivity index (χ0v) is 20.5. The summed E-state index contributed by atoms with van der Waals surface area (Å²) in [6.45, 7) is 2.54. The van der Waals surface area contributed by atoms with Gasteiger partial charge in [-0.25, -0.2) is 4.39 Å². The first-order valence-corrected chi connectivity index (χ1v) is 12.3. The maximum atomic E-state index is 13.5. The van der Waals surface area contributed by atoms with Crippen LogP contribution in [0.25, 0.3) is 0 Å². The molecule has 8 heteroatoms. The topological polar surface area (TPSA) is 71.1 Å². The molecule has 188 valence electrons. The minimum Gasteiger partial charge on any atom is -0.496 e. The Balaban J connectivity index is 1.43. The lowest BCUT2D eigenvalue weighted by atomic mass is 9.94. The lowest BCUT2D eigenvalue weighted by Crippen LogP contribution is -2.57. The third kappa shape index (κ3) is 5.75. The molecule has 2 aliphatic rings. The van der Waals surface area contributed by atoms with E-state index in [-0.39, 0.29) is 23.7 Å². The third-order valence-electron chi connectivity index (χ3n) is 7.11. The molecule has 2 aromatic rings. The lowest BCUT2D eigenvalue weighted by Gasteiger charge is -2.41. The molecule has 1 atom stereocenters. The zero-order chi connectivity index (χ0) is 24.8. The molecule has 1 aliphatic heterocycles. The van der Waals surface area contributed by atoms with Crippen molar-refractivity contribution in [2.24, 2.45) is 5.92 Å². The van der Waals surface area contributed by atoms with Crippen LogP contribution in [0.3, 0.4) is 0 Å². The van der Waals surface area contributed by atoms with E-state index in [9.17, 15) is 14.0 Å². The van der Waals surface area contributed by atoms with Gasteiger partial charge >= 0.3 is 0 Å². The van der Waals surface area contributed by atoms with Gasteiger partial charge in [0, 0.05) is 32.7 Å². The van der Waals surface area contributed by atoms with Crippen molar-refractivity contribution in [1.82, 2.24) is 15.1 Å². The van der Waals surface area contributed by atoms with E-state index >= 15 is 0 Å². The summed E-state index contributed by atoms with van der Waals surface area (Å²) in [4.78, 5) is 30.7. The molecule has 1 saturated heterocycles. The van der Waals surface area contributed by atoms with Crippen LogP contribution in [0.5, 0.6) is 11.5 Å². The van der Waals surface area contributed by atoms with Crippen molar-refractivity contribution in [2.75, 3.05) is 40.4 Å². The van der Waals surface area contributed by atoms with Gasteiger partial charge in [-0.15, -0.1) is 0 Å². The minimum atomic E-state index is -0.309. The second-order valence-electron chi connectivity index (χ2n) is 9.20. The number of hydrogen-bond acceptors (Lipinski definition) is 5. The highest BCUT2D eigenvalue weighted by Gasteiger charge is 2.37. The molecular weight excluding hydrogens is 449 g/mol. The van der Waals surface area contributed by atoms with Gasteiger partial charge < -0.3 is 19.7 Å². The summed E-state index contributed by atoms with van der Waals surface area (Å²) in [6, 6.07) is 11.4. The molecule has 4 rings (SSSR count). The average molecular weight is 484 g/mol. The summed E-state index contributed by atoms with van der Waals surface area (Å²) >= 11 is 0. The first kappa shape index (κ1) is 25.0. The van der Waals surface area contributed by atoms with Gasteiger partial charge in [-0.05, 0) is 48.6 Å². The Kier molecular flexibility index (Phi) is 8.23. The standard InChI is InChI=1S/C27H34FN3O4/c1-34-22-11-6-12-23(35-2)24(22)27(33)31-15-13-30(14-16-31)25(20-8-3-4-9-20)26(32)29-18-19-7-5-10-21(28)17-19/h5-7,10-12,17,20,25H,3-4,8-9,13-16,18H2,1-2H3,(H,29,32). The molecule has 35 heavy (non-hydrogen) atoms. The quantitative estimate of drug-likeness (QED) is 0.623. The predicted octanol–water partition coefficient (Wildman–Crippen LogP) is 3.48. The van der Waals surface area contributed by atoms with E-state index in [0.717, 1.165) is 31.2 Å². The number of hydrogen-bond donors (Lipinski definition) is 1. The summed E-state index contributed by atoms with van der Waals surface area (Å²) in [5.41, 5.74) is 1.16. The van der Waals surface area contributed by atoms with Gasteiger partial charge in [0.15, 0.2) is 0 Å². The van der Waals surface area contributed by atoms with Crippen LogP contribution < -0.4 is 14.8 Å². The van der Waals surface area contributed by atoms with Crippen LogP contribution in [0.4, 0.5) is 4.39 Å². The molecule has 2 fully saturated rings. The van der Waals surface area contributed by atoms with Crippen LogP contribution in [-0.4, -0.2) is 68.1 Å². The van der Waals surface area contributed by atoms with Crippen molar-refractivity contribution in [3.8, 4) is 11.5 Å². The number of nitrogens with zero attached hydrogens (tertiary/aromatic N) is 2. The maximum absolute atomic E-state index is 13.5. The smallest absolute Gasteiger partial charge is 0.261 e. The lowest BCUT2D eigenvalue weighted by molar-refractivity contribution is -0.129. The Morgan fingerprint density at radius 2 is 1.63 bits per heavy atom. The van der Waals surface area contributed by atoms with Crippen LogP contribution >= 0.6 is 0 Å². The Hall–Kier alpha value is -3.13. The molecule has 2 aromatic carbocycles. The number of carbonyl (C=O) groups excluding carboxylic acids is 2. The number of methoxy groups -OCH3 is 2. The van der Waals surface area contributed by atoms with Gasteiger partial charge in [0.2, 0.25) is 5.91 Å². The predicted molar refractivity (Wildman–Crippen MR) is 131 cm³/mol. The van der Waals surface area contributed by atoms with Crippen LogP contribution in [0, 0.1) is 11.7 Å². The summed E-state index contributed by atoms with van der Waals surface area (Å²) in [7, 11) is 3.08. The SMILES string of the molecule is COc1cccc(OC)c1C(=O)N1CCN(C(C(=O)NCc2cccc(F)c2)C2CCCC2)CC1. The summed E-state index contributed by atoms with van der Waals surface area (Å²) < 4.78 is 24.4. The molecule has 1 heterocycles. The fourth-order valence-electron chi connectivity index (χ4n) is 5.32. The average Bonchev–Trinajstić information content (AvgIpc) is 3.41. The number of nitrogens with one attached hydrogen (secondary N) is 1. The Labute approximate surface area is 206 Å². The van der Waals surface area contributed by atoms with Crippen LogP contribution in [0.15, 0.2) is 42.5 Å². The number of piperazine rings is 1. The van der Waals surface area contributed by atoms with E-state index in [0.29, 0.717) is 55.7 Å². The van der Waals surface area contributed by atoms with Gasteiger partial charge in [0.1, 0.15) is 22.9 Å². The van der Waals surface area contributed by atoms with Crippen LogP contribution in [0.2, 0.25) is 0 Å². The number of halogens is 1. The first-order chi connectivity index (χ1) is 17.0. The van der Waals surface area contributed by atoms with E-state index in [2.05, 4.69) is 10.2 Å². The first-order valence-electron chi connectivity index (χ1n) is 12.3. The Bertz CT molecular complexity index is 1010. The van der Waals surface area contributed by atoms with E-state index < -0.39 is 0 Å². The fraction of sp³-hybridized carbons (Fsp3) is 0.481. The van der Waals surface area contributed by atoms with Gasteiger partial charge in [0.25, 0.3) is 5.91 Å². The van der Waals surface area contributed by atoms with Crippen molar-refractivity contribution < 1.29 is 23.5 Å². The van der Waals surface area contributed by atoms with E-state index in [1.165, 1.54) is 26.4 Å². The van der Waals surface area contributed by atoms with Crippen molar-refractivity contribution in [3.05, 3.63) is 59.4 Å². The second kappa shape index (κ2) is 11.5. The van der Waals surface area contributed by atoms with E-state index in [1.807, 2.05) is 6.07 Å². The second-order valence-corrected chi connectivity index (χ2v) is 9.20. The fourth-order valence-corrected chi connectivity index (χ4v) is 5.32. The molecular formula is C27H34FN3O4. The number of amides is 2. The minimum absolute atomic E-state index is 0.0210. The number of carbonyl (C=O) groups is 2. The zero-order valence-electron chi connectivity index (χ0n) is 20.5. The number of benzene rings is 2. The molecule has 0 radical (unpaired) electrons. The largest absolute Gasteiger partial charge is 0.496 e. The summed E-state index contributed by atoms with van der Waals surface area (Å²) in [5, 5.41) is 3.03. The molecule has 1 N–H and O–H groups in total. The Morgan fingerprint density at radius 3 is 2.23 bits per heavy atom. The third-order valence-corrected chi connectivity index (χ3v) is 7.11. The summed E-state index contributed by atoms with van der Waals surface area (Å²) in [6.07, 6.45) is 4.31. The molecule has 7 nitrogen and oxygen atoms in total. The highest BCUT2D eigenvalue weighted by molar-refractivity contribution is 5.99. The Morgan fingerprint density at radius 1 is 1.00 bits per heavy atom. The molecule has 1 saturated carbocycles. The number of rotatable bonds is 8. The molecule has 0 spiro atoms. The molecule has 2 amide bonds. The van der Waals surface area contributed by atoms with Crippen molar-refractivity contribution in [3.63, 3.8) is 0 Å². The van der Waals surface area contributed by atoms with Crippen LogP contribution in [0.1, 0.15) is 41.6 Å². The monoisotopic (exact) mass is 483 g/mol. The molecule has 0 aromatic heterocycles. The molecule has 1 aliphatic carbocycles. The van der Waals surface area contributed by atoms with Gasteiger partial charge in [-0.3, -0.25) is 14.5 Å². The van der Waals surface area contributed by atoms with E-state index in [4.69, 9.17) is 9.47 Å². The normalized spacial score (nSPS) is 17.7. The summed E-state index contributed by atoms with van der Waals surface area (Å²) in [5.74, 6) is 0.796.